The van der Waals surface area contributed by atoms with Crippen molar-refractivity contribution in [2.75, 3.05) is 0 Å². The van der Waals surface area contributed by atoms with E-state index in [4.69, 9.17) is 8.83 Å². The van der Waals surface area contributed by atoms with Crippen molar-refractivity contribution in [1.82, 2.24) is 5.32 Å². The summed E-state index contributed by atoms with van der Waals surface area (Å²) in [6, 6.07) is 7.32. The van der Waals surface area contributed by atoms with Crippen LogP contribution in [0, 0.1) is 0 Å². The molecule has 0 bridgehead atoms. The second kappa shape index (κ2) is 5.16. The van der Waals surface area contributed by atoms with Crippen LogP contribution in [-0.4, -0.2) is 5.91 Å². The van der Waals surface area contributed by atoms with Gasteiger partial charge >= 0.3 is 0 Å². The van der Waals surface area contributed by atoms with Gasteiger partial charge in [-0.1, -0.05) is 0 Å². The maximum absolute atomic E-state index is 11.8. The van der Waals surface area contributed by atoms with Crippen molar-refractivity contribution in [3.63, 3.8) is 0 Å². The predicted molar refractivity (Wildman–Crippen MR) is 71.9 cm³/mol. The van der Waals surface area contributed by atoms with Gasteiger partial charge in [0.05, 0.1) is 18.4 Å². The highest BCUT2D eigenvalue weighted by Crippen LogP contribution is 2.22. The van der Waals surface area contributed by atoms with Crippen LogP contribution in [0.3, 0.4) is 0 Å². The molecular weight excluding hydrogens is 262 g/mol. The zero-order chi connectivity index (χ0) is 13.1. The third-order valence-electron chi connectivity index (χ3n) is 2.67. The minimum absolute atomic E-state index is 0.0949. The van der Waals surface area contributed by atoms with Crippen molar-refractivity contribution in [2.45, 2.75) is 6.54 Å². The first-order chi connectivity index (χ1) is 9.33. The van der Waals surface area contributed by atoms with E-state index in [1.807, 2.05) is 29.0 Å². The normalized spacial score (nSPS) is 10.5. The van der Waals surface area contributed by atoms with E-state index in [1.165, 1.54) is 11.3 Å². The summed E-state index contributed by atoms with van der Waals surface area (Å²) in [6.07, 6.45) is 3.21. The summed E-state index contributed by atoms with van der Waals surface area (Å²) in [6.45, 7) is 0.368. The molecule has 0 fully saturated rings. The van der Waals surface area contributed by atoms with E-state index in [-0.39, 0.29) is 5.91 Å². The van der Waals surface area contributed by atoms with Crippen LogP contribution in [0.15, 0.2) is 56.4 Å². The van der Waals surface area contributed by atoms with Gasteiger partial charge in [-0.3, -0.25) is 4.79 Å². The molecule has 96 valence electrons. The van der Waals surface area contributed by atoms with E-state index >= 15 is 0 Å². The van der Waals surface area contributed by atoms with E-state index in [0.29, 0.717) is 17.9 Å². The number of thiophene rings is 1. The Hall–Kier alpha value is -2.27. The average molecular weight is 273 g/mol. The highest BCUT2D eigenvalue weighted by molar-refractivity contribution is 7.08. The molecule has 0 aliphatic heterocycles. The van der Waals surface area contributed by atoms with Crippen LogP contribution in [0.1, 0.15) is 16.1 Å². The summed E-state index contributed by atoms with van der Waals surface area (Å²) in [5.74, 6) is 1.34. The first-order valence-corrected chi connectivity index (χ1v) is 6.69. The van der Waals surface area contributed by atoms with Crippen LogP contribution >= 0.6 is 11.3 Å². The number of carbonyl (C=O) groups excluding carboxylic acids is 1. The van der Waals surface area contributed by atoms with Crippen LogP contribution < -0.4 is 5.32 Å². The summed E-state index contributed by atoms with van der Waals surface area (Å²) in [4.78, 5) is 11.8. The van der Waals surface area contributed by atoms with Gasteiger partial charge in [0, 0.05) is 10.9 Å². The van der Waals surface area contributed by atoms with Gasteiger partial charge in [-0.05, 0) is 29.6 Å². The van der Waals surface area contributed by atoms with E-state index in [0.717, 1.165) is 11.3 Å². The van der Waals surface area contributed by atoms with Crippen LogP contribution in [-0.2, 0) is 6.54 Å². The lowest BCUT2D eigenvalue weighted by Gasteiger charge is -2.00. The van der Waals surface area contributed by atoms with Gasteiger partial charge in [-0.2, -0.15) is 11.3 Å². The standard InChI is InChI=1S/C14H11NO3S/c16-14(11-4-6-19-9-11)15-7-12-1-2-13(18-12)10-3-5-17-8-10/h1-6,8-9H,7H2,(H,15,16). The molecule has 0 aliphatic carbocycles. The monoisotopic (exact) mass is 273 g/mol. The molecule has 0 aromatic carbocycles. The predicted octanol–water partition coefficient (Wildman–Crippen LogP) is 3.53. The summed E-state index contributed by atoms with van der Waals surface area (Å²) in [7, 11) is 0. The number of amides is 1. The Kier molecular flexibility index (Phi) is 3.20. The molecular formula is C14H11NO3S. The number of furan rings is 2. The van der Waals surface area contributed by atoms with Crippen molar-refractivity contribution < 1.29 is 13.6 Å². The third kappa shape index (κ3) is 2.61. The van der Waals surface area contributed by atoms with Gasteiger partial charge < -0.3 is 14.2 Å². The Labute approximate surface area is 113 Å². The summed E-state index contributed by atoms with van der Waals surface area (Å²) >= 11 is 1.50. The highest BCUT2D eigenvalue weighted by atomic mass is 32.1. The summed E-state index contributed by atoms with van der Waals surface area (Å²) in [5, 5.41) is 6.50. The number of nitrogens with one attached hydrogen (secondary N) is 1. The first kappa shape index (κ1) is 11.8. The number of rotatable bonds is 4. The lowest BCUT2D eigenvalue weighted by atomic mass is 10.3. The number of carbonyl (C=O) groups is 1. The topological polar surface area (TPSA) is 55.4 Å². The molecule has 0 saturated heterocycles. The molecule has 3 rings (SSSR count). The van der Waals surface area contributed by atoms with Crippen molar-refractivity contribution in [2.24, 2.45) is 0 Å². The molecule has 0 unspecified atom stereocenters. The van der Waals surface area contributed by atoms with Crippen molar-refractivity contribution >= 4 is 17.2 Å². The van der Waals surface area contributed by atoms with Gasteiger partial charge in [-0.15, -0.1) is 0 Å². The largest absolute Gasteiger partial charge is 0.472 e. The van der Waals surface area contributed by atoms with Crippen molar-refractivity contribution in [1.29, 1.82) is 0 Å². The van der Waals surface area contributed by atoms with Gasteiger partial charge in [0.25, 0.3) is 5.91 Å². The Morgan fingerprint density at radius 1 is 1.26 bits per heavy atom. The zero-order valence-corrected chi connectivity index (χ0v) is 10.8. The smallest absolute Gasteiger partial charge is 0.252 e. The van der Waals surface area contributed by atoms with Crippen LogP contribution in [0.25, 0.3) is 11.3 Å². The molecule has 3 aromatic heterocycles. The maximum atomic E-state index is 11.8. The molecule has 5 heteroatoms. The quantitative estimate of drug-likeness (QED) is 0.791. The zero-order valence-electron chi connectivity index (χ0n) is 9.96. The average Bonchev–Trinajstić information content (AvgIpc) is 3.14. The second-order valence-electron chi connectivity index (χ2n) is 3.97. The van der Waals surface area contributed by atoms with Gasteiger partial charge in [0.15, 0.2) is 0 Å². The second-order valence-corrected chi connectivity index (χ2v) is 4.75. The summed E-state index contributed by atoms with van der Waals surface area (Å²) < 4.78 is 10.6. The SMILES string of the molecule is O=C(NCc1ccc(-c2ccoc2)o1)c1ccsc1. The molecule has 3 aromatic rings. The third-order valence-corrected chi connectivity index (χ3v) is 3.36. The lowest BCUT2D eigenvalue weighted by molar-refractivity contribution is 0.0948. The van der Waals surface area contributed by atoms with E-state index in [2.05, 4.69) is 5.32 Å². The van der Waals surface area contributed by atoms with E-state index in [1.54, 1.807) is 18.6 Å². The van der Waals surface area contributed by atoms with Gasteiger partial charge in [0.1, 0.15) is 17.8 Å². The van der Waals surface area contributed by atoms with Crippen LogP contribution in [0.2, 0.25) is 0 Å². The fourth-order valence-electron chi connectivity index (χ4n) is 1.70. The van der Waals surface area contributed by atoms with E-state index in [9.17, 15) is 4.79 Å². The van der Waals surface area contributed by atoms with E-state index < -0.39 is 0 Å². The maximum Gasteiger partial charge on any atom is 0.252 e. The summed E-state index contributed by atoms with van der Waals surface area (Å²) in [5.41, 5.74) is 1.56. The molecule has 0 saturated carbocycles. The Morgan fingerprint density at radius 3 is 2.95 bits per heavy atom. The molecule has 4 nitrogen and oxygen atoms in total. The molecule has 1 N–H and O–H groups in total. The first-order valence-electron chi connectivity index (χ1n) is 5.74. The van der Waals surface area contributed by atoms with Gasteiger partial charge in [-0.25, -0.2) is 0 Å². The molecule has 1 amide bonds. The van der Waals surface area contributed by atoms with Crippen LogP contribution in [0.4, 0.5) is 0 Å². The lowest BCUT2D eigenvalue weighted by Crippen LogP contribution is -2.21. The fraction of sp³-hybridized carbons (Fsp3) is 0.0714. The highest BCUT2D eigenvalue weighted by Gasteiger charge is 2.08. The minimum atomic E-state index is -0.0949. The molecule has 19 heavy (non-hydrogen) atoms. The minimum Gasteiger partial charge on any atom is -0.472 e. The molecule has 0 radical (unpaired) electrons. The van der Waals surface area contributed by atoms with Gasteiger partial charge in [0.2, 0.25) is 0 Å². The number of hydrogen-bond donors (Lipinski definition) is 1. The number of hydrogen-bond acceptors (Lipinski definition) is 4. The molecule has 0 aliphatic rings. The Morgan fingerprint density at radius 2 is 2.21 bits per heavy atom. The Balaban J connectivity index is 1.63. The molecule has 3 heterocycles. The fourth-order valence-corrected chi connectivity index (χ4v) is 2.33. The van der Waals surface area contributed by atoms with Crippen molar-refractivity contribution in [3.05, 3.63) is 58.9 Å². The van der Waals surface area contributed by atoms with Crippen LogP contribution in [0.5, 0.6) is 0 Å². The Bertz CT molecular complexity index is 653. The molecule has 0 atom stereocenters. The molecule has 0 spiro atoms. The van der Waals surface area contributed by atoms with Crippen molar-refractivity contribution in [3.8, 4) is 11.3 Å².